The molecule has 1 aliphatic heterocycles. The van der Waals surface area contributed by atoms with Gasteiger partial charge in [0.15, 0.2) is 0 Å². The van der Waals surface area contributed by atoms with Crippen LogP contribution >= 0.6 is 0 Å². The quantitative estimate of drug-likeness (QED) is 0.648. The first-order valence-corrected chi connectivity index (χ1v) is 5.92. The van der Waals surface area contributed by atoms with Crippen LogP contribution in [-0.2, 0) is 9.59 Å². The molecule has 5 heteroatoms. The third-order valence-corrected chi connectivity index (χ3v) is 2.77. The molecule has 1 fully saturated rings. The van der Waals surface area contributed by atoms with Gasteiger partial charge in [-0.2, -0.15) is 0 Å². The standard InChI is InChI=1S/C11H21N3O2/c1-3-13-10(15)8-14(4-2)11(16)5-9-6-12-7-9/h9,12H,3-8H2,1-2H3,(H,13,15). The number of carbonyl (C=O) groups excluding carboxylic acids is 2. The Bertz CT molecular complexity index is 252. The molecule has 0 saturated carbocycles. The fraction of sp³-hybridized carbons (Fsp3) is 0.818. The van der Waals surface area contributed by atoms with Crippen molar-refractivity contribution in [2.24, 2.45) is 5.92 Å². The van der Waals surface area contributed by atoms with E-state index in [1.165, 1.54) is 0 Å². The molecule has 0 unspecified atom stereocenters. The topological polar surface area (TPSA) is 61.4 Å². The summed E-state index contributed by atoms with van der Waals surface area (Å²) in [7, 11) is 0. The van der Waals surface area contributed by atoms with Crippen LogP contribution in [0.5, 0.6) is 0 Å². The lowest BCUT2D eigenvalue weighted by Gasteiger charge is -2.29. The molecule has 0 spiro atoms. The number of nitrogens with one attached hydrogen (secondary N) is 2. The Labute approximate surface area is 96.6 Å². The number of amides is 2. The minimum Gasteiger partial charge on any atom is -0.355 e. The SMILES string of the molecule is CCNC(=O)CN(CC)C(=O)CC1CNC1. The molecule has 0 aromatic carbocycles. The summed E-state index contributed by atoms with van der Waals surface area (Å²) in [6.45, 7) is 7.00. The number of likely N-dealkylation sites (N-methyl/N-ethyl adjacent to an activating group) is 2. The van der Waals surface area contributed by atoms with Crippen molar-refractivity contribution in [3.8, 4) is 0 Å². The molecular weight excluding hydrogens is 206 g/mol. The van der Waals surface area contributed by atoms with Gasteiger partial charge in [0.2, 0.25) is 11.8 Å². The zero-order valence-electron chi connectivity index (χ0n) is 10.1. The maximum absolute atomic E-state index is 11.8. The second-order valence-electron chi connectivity index (χ2n) is 4.09. The summed E-state index contributed by atoms with van der Waals surface area (Å²) in [5, 5.41) is 5.84. The number of carbonyl (C=O) groups is 2. The molecule has 2 amide bonds. The van der Waals surface area contributed by atoms with Gasteiger partial charge >= 0.3 is 0 Å². The van der Waals surface area contributed by atoms with Crippen LogP contribution in [0.3, 0.4) is 0 Å². The van der Waals surface area contributed by atoms with Crippen molar-refractivity contribution in [1.29, 1.82) is 0 Å². The van der Waals surface area contributed by atoms with Crippen molar-refractivity contribution in [2.45, 2.75) is 20.3 Å². The number of rotatable bonds is 6. The van der Waals surface area contributed by atoms with E-state index in [-0.39, 0.29) is 18.4 Å². The molecule has 0 atom stereocenters. The van der Waals surface area contributed by atoms with E-state index >= 15 is 0 Å². The minimum absolute atomic E-state index is 0.0792. The fourth-order valence-corrected chi connectivity index (χ4v) is 1.67. The van der Waals surface area contributed by atoms with Gasteiger partial charge in [-0.15, -0.1) is 0 Å². The lowest BCUT2D eigenvalue weighted by Crippen LogP contribution is -2.47. The Morgan fingerprint density at radius 3 is 2.50 bits per heavy atom. The van der Waals surface area contributed by atoms with Crippen molar-refractivity contribution in [3.63, 3.8) is 0 Å². The van der Waals surface area contributed by atoms with Crippen LogP contribution in [0.15, 0.2) is 0 Å². The molecule has 0 radical (unpaired) electrons. The highest BCUT2D eigenvalue weighted by Crippen LogP contribution is 2.10. The monoisotopic (exact) mass is 227 g/mol. The largest absolute Gasteiger partial charge is 0.355 e. The van der Waals surface area contributed by atoms with E-state index in [4.69, 9.17) is 0 Å². The smallest absolute Gasteiger partial charge is 0.239 e. The molecule has 0 bridgehead atoms. The lowest BCUT2D eigenvalue weighted by molar-refractivity contribution is -0.136. The Morgan fingerprint density at radius 2 is 2.06 bits per heavy atom. The van der Waals surface area contributed by atoms with E-state index < -0.39 is 0 Å². The van der Waals surface area contributed by atoms with Crippen molar-refractivity contribution >= 4 is 11.8 Å². The lowest BCUT2D eigenvalue weighted by atomic mass is 9.99. The summed E-state index contributed by atoms with van der Waals surface area (Å²) < 4.78 is 0. The van der Waals surface area contributed by atoms with Crippen molar-refractivity contribution < 1.29 is 9.59 Å². The predicted octanol–water partition coefficient (Wildman–Crippen LogP) is -0.419. The Balaban J connectivity index is 2.33. The second kappa shape index (κ2) is 6.48. The molecule has 0 aromatic rings. The van der Waals surface area contributed by atoms with Crippen LogP contribution in [0.4, 0.5) is 0 Å². The van der Waals surface area contributed by atoms with E-state index in [1.54, 1.807) is 4.90 Å². The van der Waals surface area contributed by atoms with Gasteiger partial charge < -0.3 is 15.5 Å². The molecule has 1 rings (SSSR count). The summed E-state index contributed by atoms with van der Waals surface area (Å²) in [5.74, 6) is 0.459. The van der Waals surface area contributed by atoms with Gasteiger partial charge in [0.1, 0.15) is 0 Å². The molecule has 2 N–H and O–H groups in total. The molecular formula is C11H21N3O2. The fourth-order valence-electron chi connectivity index (χ4n) is 1.67. The molecule has 92 valence electrons. The van der Waals surface area contributed by atoms with Crippen molar-refractivity contribution in [3.05, 3.63) is 0 Å². The van der Waals surface area contributed by atoms with Crippen LogP contribution < -0.4 is 10.6 Å². The Morgan fingerprint density at radius 1 is 1.38 bits per heavy atom. The van der Waals surface area contributed by atoms with Crippen molar-refractivity contribution in [2.75, 3.05) is 32.7 Å². The molecule has 0 aliphatic carbocycles. The van der Waals surface area contributed by atoms with Gasteiger partial charge in [-0.25, -0.2) is 0 Å². The van der Waals surface area contributed by atoms with Crippen molar-refractivity contribution in [1.82, 2.24) is 15.5 Å². The third kappa shape index (κ3) is 3.81. The van der Waals surface area contributed by atoms with Gasteiger partial charge in [0.05, 0.1) is 6.54 Å². The number of hydrogen-bond acceptors (Lipinski definition) is 3. The normalized spacial score (nSPS) is 15.4. The second-order valence-corrected chi connectivity index (χ2v) is 4.09. The first-order valence-electron chi connectivity index (χ1n) is 5.92. The number of hydrogen-bond donors (Lipinski definition) is 2. The van der Waals surface area contributed by atoms with Crippen LogP contribution in [0.2, 0.25) is 0 Å². The van der Waals surface area contributed by atoms with Gasteiger partial charge in [0.25, 0.3) is 0 Å². The Hall–Kier alpha value is -1.10. The summed E-state index contributed by atoms with van der Waals surface area (Å²) in [6, 6.07) is 0. The van der Waals surface area contributed by atoms with Crippen LogP contribution in [-0.4, -0.2) is 49.4 Å². The highest BCUT2D eigenvalue weighted by Gasteiger charge is 2.23. The highest BCUT2D eigenvalue weighted by atomic mass is 16.2. The van der Waals surface area contributed by atoms with Crippen LogP contribution in [0.25, 0.3) is 0 Å². The first kappa shape index (κ1) is 13.0. The average Bonchev–Trinajstić information content (AvgIpc) is 2.20. The summed E-state index contributed by atoms with van der Waals surface area (Å²) in [5.41, 5.74) is 0. The zero-order valence-corrected chi connectivity index (χ0v) is 10.1. The van der Waals surface area contributed by atoms with Gasteiger partial charge in [0, 0.05) is 19.5 Å². The molecule has 0 aromatic heterocycles. The Kier molecular flexibility index (Phi) is 5.25. The maximum Gasteiger partial charge on any atom is 0.239 e. The highest BCUT2D eigenvalue weighted by molar-refractivity contribution is 5.84. The van der Waals surface area contributed by atoms with Crippen LogP contribution in [0, 0.1) is 5.92 Å². The third-order valence-electron chi connectivity index (χ3n) is 2.77. The minimum atomic E-state index is -0.0792. The molecule has 1 aliphatic rings. The summed E-state index contributed by atoms with van der Waals surface area (Å²) in [4.78, 5) is 24.8. The maximum atomic E-state index is 11.8. The van der Waals surface area contributed by atoms with E-state index in [2.05, 4.69) is 10.6 Å². The van der Waals surface area contributed by atoms with Gasteiger partial charge in [-0.3, -0.25) is 9.59 Å². The van der Waals surface area contributed by atoms with Crippen LogP contribution in [0.1, 0.15) is 20.3 Å². The molecule has 1 heterocycles. The summed E-state index contributed by atoms with van der Waals surface area (Å²) >= 11 is 0. The molecule has 16 heavy (non-hydrogen) atoms. The van der Waals surface area contributed by atoms with E-state index in [0.29, 0.717) is 25.4 Å². The average molecular weight is 227 g/mol. The van der Waals surface area contributed by atoms with E-state index in [1.807, 2.05) is 13.8 Å². The van der Waals surface area contributed by atoms with Gasteiger partial charge in [-0.1, -0.05) is 0 Å². The molecule has 1 saturated heterocycles. The zero-order chi connectivity index (χ0) is 12.0. The number of nitrogens with zero attached hydrogens (tertiary/aromatic N) is 1. The molecule has 5 nitrogen and oxygen atoms in total. The van der Waals surface area contributed by atoms with Gasteiger partial charge in [-0.05, 0) is 32.9 Å². The van der Waals surface area contributed by atoms with E-state index in [0.717, 1.165) is 13.1 Å². The van der Waals surface area contributed by atoms with E-state index in [9.17, 15) is 9.59 Å². The predicted molar refractivity (Wildman–Crippen MR) is 61.9 cm³/mol. The first-order chi connectivity index (χ1) is 7.67. The summed E-state index contributed by atoms with van der Waals surface area (Å²) in [6.07, 6.45) is 0.556.